The van der Waals surface area contributed by atoms with Crippen LogP contribution in [0.25, 0.3) is 0 Å². The Morgan fingerprint density at radius 2 is 2.31 bits per heavy atom. The molecule has 1 N–H and O–H groups in total. The van der Waals surface area contributed by atoms with E-state index in [0.29, 0.717) is 0 Å². The predicted octanol–water partition coefficient (Wildman–Crippen LogP) is 1.46. The van der Waals surface area contributed by atoms with Gasteiger partial charge in [0.1, 0.15) is 6.10 Å². The monoisotopic (exact) mass is 178 g/mol. The molecule has 0 saturated heterocycles. The van der Waals surface area contributed by atoms with E-state index in [9.17, 15) is 9.90 Å². The van der Waals surface area contributed by atoms with Gasteiger partial charge >= 0.3 is 0 Å². The molecule has 0 heterocycles. The Morgan fingerprint density at radius 1 is 1.54 bits per heavy atom. The van der Waals surface area contributed by atoms with Crippen molar-refractivity contribution in [2.24, 2.45) is 11.3 Å². The van der Waals surface area contributed by atoms with Crippen LogP contribution in [0.1, 0.15) is 19.8 Å². The van der Waals surface area contributed by atoms with Crippen LogP contribution in [0.5, 0.6) is 0 Å². The molecule has 0 aromatic carbocycles. The molecule has 70 valence electrons. The lowest BCUT2D eigenvalue weighted by atomic mass is 9.64. The maximum atomic E-state index is 11.2. The van der Waals surface area contributed by atoms with Gasteiger partial charge < -0.3 is 5.11 Å². The number of carbonyl (C=O) groups is 1. The Hall–Kier alpha value is -0.890. The molecule has 0 aromatic heterocycles. The molecular formula is C11H14O2. The third kappa shape index (κ3) is 1.25. The molecule has 2 aliphatic rings. The Labute approximate surface area is 78.0 Å². The normalized spacial score (nSPS) is 43.4. The minimum atomic E-state index is -0.792. The van der Waals surface area contributed by atoms with Gasteiger partial charge in [0.05, 0.1) is 0 Å². The number of rotatable bonds is 0. The van der Waals surface area contributed by atoms with Gasteiger partial charge in [-0.1, -0.05) is 25.2 Å². The molecule has 0 bridgehead atoms. The quantitative estimate of drug-likeness (QED) is 0.570. The second-order valence-electron chi connectivity index (χ2n) is 4.20. The van der Waals surface area contributed by atoms with E-state index in [0.717, 1.165) is 12.8 Å². The zero-order valence-electron chi connectivity index (χ0n) is 7.73. The molecule has 0 unspecified atom stereocenters. The highest BCUT2D eigenvalue weighted by molar-refractivity contribution is 5.94. The topological polar surface area (TPSA) is 37.3 Å². The molecule has 2 nitrogen and oxygen atoms in total. The Bertz CT molecular complexity index is 290. The van der Waals surface area contributed by atoms with Crippen LogP contribution in [0.15, 0.2) is 24.3 Å². The molecule has 0 aromatic rings. The highest BCUT2D eigenvalue weighted by atomic mass is 16.3. The van der Waals surface area contributed by atoms with Crippen LogP contribution in [-0.4, -0.2) is 17.0 Å². The first-order valence-corrected chi connectivity index (χ1v) is 4.70. The van der Waals surface area contributed by atoms with Crippen LogP contribution in [0.4, 0.5) is 0 Å². The van der Waals surface area contributed by atoms with Gasteiger partial charge in [-0.25, -0.2) is 0 Å². The largest absolute Gasteiger partial charge is 0.385 e. The lowest BCUT2D eigenvalue weighted by Gasteiger charge is -2.41. The Balaban J connectivity index is 2.37. The number of hydrogen-bond acceptors (Lipinski definition) is 2. The van der Waals surface area contributed by atoms with Gasteiger partial charge in [0.15, 0.2) is 5.78 Å². The van der Waals surface area contributed by atoms with Crippen LogP contribution >= 0.6 is 0 Å². The van der Waals surface area contributed by atoms with E-state index in [1.54, 1.807) is 0 Å². The van der Waals surface area contributed by atoms with Gasteiger partial charge in [0.25, 0.3) is 0 Å². The number of hydrogen-bond donors (Lipinski definition) is 1. The maximum absolute atomic E-state index is 11.2. The summed E-state index contributed by atoms with van der Waals surface area (Å²) in [5, 5.41) is 9.70. The van der Waals surface area contributed by atoms with Crippen LogP contribution in [0.3, 0.4) is 0 Å². The lowest BCUT2D eigenvalue weighted by molar-refractivity contribution is -0.128. The summed E-state index contributed by atoms with van der Waals surface area (Å²) in [6.07, 6.45) is 8.62. The third-order valence-corrected chi connectivity index (χ3v) is 3.26. The number of aliphatic hydroxyl groups excluding tert-OH is 1. The van der Waals surface area contributed by atoms with Gasteiger partial charge in [-0.05, 0) is 24.3 Å². The first-order chi connectivity index (χ1) is 6.13. The minimum absolute atomic E-state index is 0.0118. The molecule has 2 heteroatoms. The standard InChI is InChI=1S/C11H14O2/c1-11-6-3-2-4-8(11)10(13)9(12)5-7-11/h2-3,5,7-8,10,13H,4,6H2,1H3/t8-,10+,11+/m1/s1. The van der Waals surface area contributed by atoms with Crippen molar-refractivity contribution in [1.29, 1.82) is 0 Å². The first kappa shape index (κ1) is 8.70. The van der Waals surface area contributed by atoms with Crippen molar-refractivity contribution in [2.45, 2.75) is 25.9 Å². The van der Waals surface area contributed by atoms with Gasteiger partial charge in [0, 0.05) is 5.92 Å². The Morgan fingerprint density at radius 3 is 3.08 bits per heavy atom. The predicted molar refractivity (Wildman–Crippen MR) is 50.1 cm³/mol. The van der Waals surface area contributed by atoms with Crippen molar-refractivity contribution in [3.05, 3.63) is 24.3 Å². The summed E-state index contributed by atoms with van der Waals surface area (Å²) < 4.78 is 0. The first-order valence-electron chi connectivity index (χ1n) is 4.70. The molecule has 0 radical (unpaired) electrons. The summed E-state index contributed by atoms with van der Waals surface area (Å²) in [6.45, 7) is 2.10. The fourth-order valence-corrected chi connectivity index (χ4v) is 2.25. The van der Waals surface area contributed by atoms with Crippen LogP contribution < -0.4 is 0 Å². The molecule has 13 heavy (non-hydrogen) atoms. The average molecular weight is 178 g/mol. The van der Waals surface area contributed by atoms with Gasteiger partial charge in [-0.3, -0.25) is 4.79 Å². The zero-order chi connectivity index (χ0) is 9.47. The second kappa shape index (κ2) is 2.81. The van der Waals surface area contributed by atoms with Gasteiger partial charge in [0.2, 0.25) is 0 Å². The zero-order valence-corrected chi connectivity index (χ0v) is 7.73. The fraction of sp³-hybridized carbons (Fsp3) is 0.545. The van der Waals surface area contributed by atoms with Crippen molar-refractivity contribution in [1.82, 2.24) is 0 Å². The minimum Gasteiger partial charge on any atom is -0.385 e. The number of ketones is 1. The molecule has 0 aliphatic heterocycles. The van der Waals surface area contributed by atoms with E-state index < -0.39 is 6.10 Å². The maximum Gasteiger partial charge on any atom is 0.184 e. The molecular weight excluding hydrogens is 164 g/mol. The number of allylic oxidation sites excluding steroid dienone is 3. The smallest absolute Gasteiger partial charge is 0.184 e. The molecule has 0 spiro atoms. The van der Waals surface area contributed by atoms with Crippen molar-refractivity contribution >= 4 is 5.78 Å². The van der Waals surface area contributed by atoms with E-state index >= 15 is 0 Å². The van der Waals surface area contributed by atoms with E-state index in [4.69, 9.17) is 0 Å². The number of aliphatic hydroxyl groups is 1. The molecule has 0 fully saturated rings. The van der Waals surface area contributed by atoms with Gasteiger partial charge in [-0.2, -0.15) is 0 Å². The summed E-state index contributed by atoms with van der Waals surface area (Å²) in [7, 11) is 0. The molecule has 0 amide bonds. The van der Waals surface area contributed by atoms with Crippen molar-refractivity contribution < 1.29 is 9.90 Å². The van der Waals surface area contributed by atoms with E-state index in [1.165, 1.54) is 6.08 Å². The highest BCUT2D eigenvalue weighted by Gasteiger charge is 2.42. The molecule has 2 aliphatic carbocycles. The second-order valence-corrected chi connectivity index (χ2v) is 4.20. The van der Waals surface area contributed by atoms with Gasteiger partial charge in [-0.15, -0.1) is 0 Å². The summed E-state index contributed by atoms with van der Waals surface area (Å²) in [6, 6.07) is 0. The summed E-state index contributed by atoms with van der Waals surface area (Å²) in [4.78, 5) is 11.2. The number of fused-ring (bicyclic) bond motifs is 1. The molecule has 0 saturated carbocycles. The summed E-state index contributed by atoms with van der Waals surface area (Å²) in [5.41, 5.74) is -0.0118. The van der Waals surface area contributed by atoms with Crippen molar-refractivity contribution in [3.8, 4) is 0 Å². The summed E-state index contributed by atoms with van der Waals surface area (Å²) >= 11 is 0. The highest BCUT2D eigenvalue weighted by Crippen LogP contribution is 2.43. The van der Waals surface area contributed by atoms with Crippen LogP contribution in [0.2, 0.25) is 0 Å². The summed E-state index contributed by atoms with van der Waals surface area (Å²) in [5.74, 6) is -0.0622. The average Bonchev–Trinajstić information content (AvgIpc) is 2.12. The molecule has 3 atom stereocenters. The van der Waals surface area contributed by atoms with E-state index in [1.807, 2.05) is 6.08 Å². The Kier molecular flexibility index (Phi) is 1.88. The number of carbonyl (C=O) groups excluding carboxylic acids is 1. The van der Waals surface area contributed by atoms with E-state index in [-0.39, 0.29) is 17.1 Å². The van der Waals surface area contributed by atoms with Crippen LogP contribution in [0, 0.1) is 11.3 Å². The fourth-order valence-electron chi connectivity index (χ4n) is 2.25. The van der Waals surface area contributed by atoms with E-state index in [2.05, 4.69) is 19.1 Å². The lowest BCUT2D eigenvalue weighted by Crippen LogP contribution is -2.43. The molecule has 2 rings (SSSR count). The third-order valence-electron chi connectivity index (χ3n) is 3.26. The SMILES string of the molecule is C[C@]12C=CC(=O)[C@@H](O)[C@H]1CC=CC2. The van der Waals surface area contributed by atoms with Crippen molar-refractivity contribution in [2.75, 3.05) is 0 Å². The van der Waals surface area contributed by atoms with Crippen LogP contribution in [-0.2, 0) is 4.79 Å². The van der Waals surface area contributed by atoms with Crippen molar-refractivity contribution in [3.63, 3.8) is 0 Å².